The largest absolute Gasteiger partial charge is 0.289 e. The number of allylic oxidation sites excluding steroid dienone is 1. The molecule has 0 spiro atoms. The van der Waals surface area contributed by atoms with E-state index < -0.39 is 0 Å². The lowest BCUT2D eigenvalue weighted by molar-refractivity contribution is 0.104. The van der Waals surface area contributed by atoms with E-state index in [1.165, 1.54) is 4.90 Å². The van der Waals surface area contributed by atoms with E-state index in [0.717, 1.165) is 21.9 Å². The van der Waals surface area contributed by atoms with Crippen molar-refractivity contribution in [1.82, 2.24) is 0 Å². The van der Waals surface area contributed by atoms with Gasteiger partial charge >= 0.3 is 0 Å². The molecule has 0 saturated carbocycles. The maximum atomic E-state index is 12.3. The van der Waals surface area contributed by atoms with Crippen molar-refractivity contribution in [2.24, 2.45) is 0 Å². The van der Waals surface area contributed by atoms with Crippen LogP contribution in [0.2, 0.25) is 0 Å². The van der Waals surface area contributed by atoms with Gasteiger partial charge in [-0.15, -0.1) is 11.8 Å². The highest BCUT2D eigenvalue weighted by Gasteiger charge is 2.02. The summed E-state index contributed by atoms with van der Waals surface area (Å²) in [6.07, 6.45) is 5.55. The Balaban J connectivity index is 1.81. The van der Waals surface area contributed by atoms with Crippen LogP contribution in [0.15, 0.2) is 77.7 Å². The summed E-state index contributed by atoms with van der Waals surface area (Å²) in [6, 6.07) is 22.0. The summed E-state index contributed by atoms with van der Waals surface area (Å²) in [6.45, 7) is 0. The van der Waals surface area contributed by atoms with Gasteiger partial charge in [0, 0.05) is 10.5 Å². The van der Waals surface area contributed by atoms with Gasteiger partial charge in [-0.05, 0) is 46.9 Å². The summed E-state index contributed by atoms with van der Waals surface area (Å²) >= 11 is 1.71. The van der Waals surface area contributed by atoms with Crippen molar-refractivity contribution >= 4 is 34.4 Å². The van der Waals surface area contributed by atoms with E-state index in [1.807, 2.05) is 66.9 Å². The van der Waals surface area contributed by atoms with Crippen molar-refractivity contribution in [2.45, 2.75) is 4.90 Å². The fraction of sp³-hybridized carbons (Fsp3) is 0.0500. The molecule has 3 aromatic carbocycles. The first-order chi connectivity index (χ1) is 10.8. The lowest BCUT2D eigenvalue weighted by Gasteiger charge is -2.00. The lowest BCUT2D eigenvalue weighted by atomic mass is 10.0. The predicted octanol–water partition coefficient (Wildman–Crippen LogP) is 5.46. The van der Waals surface area contributed by atoms with Crippen LogP contribution in [0.3, 0.4) is 0 Å². The minimum Gasteiger partial charge on any atom is -0.289 e. The van der Waals surface area contributed by atoms with E-state index in [4.69, 9.17) is 0 Å². The van der Waals surface area contributed by atoms with Crippen LogP contribution in [0.25, 0.3) is 16.8 Å². The van der Waals surface area contributed by atoms with Crippen LogP contribution in [0.4, 0.5) is 0 Å². The molecule has 0 aromatic heterocycles. The zero-order chi connectivity index (χ0) is 15.4. The summed E-state index contributed by atoms with van der Waals surface area (Å²) in [7, 11) is 0. The normalized spacial score (nSPS) is 11.1. The molecule has 3 aromatic rings. The van der Waals surface area contributed by atoms with Gasteiger partial charge in [0.05, 0.1) is 0 Å². The average molecular weight is 304 g/mol. The highest BCUT2D eigenvalue weighted by Crippen LogP contribution is 2.18. The van der Waals surface area contributed by atoms with Crippen molar-refractivity contribution in [1.29, 1.82) is 0 Å². The molecule has 0 aliphatic heterocycles. The summed E-state index contributed by atoms with van der Waals surface area (Å²) in [5.74, 6) is 0.0275. The van der Waals surface area contributed by atoms with Crippen molar-refractivity contribution in [3.63, 3.8) is 0 Å². The van der Waals surface area contributed by atoms with Gasteiger partial charge in [0.1, 0.15) is 0 Å². The number of rotatable bonds is 4. The van der Waals surface area contributed by atoms with E-state index in [-0.39, 0.29) is 5.78 Å². The number of carbonyl (C=O) groups is 1. The van der Waals surface area contributed by atoms with Crippen LogP contribution < -0.4 is 0 Å². The lowest BCUT2D eigenvalue weighted by Crippen LogP contribution is -1.93. The molecule has 1 nitrogen and oxygen atoms in total. The first-order valence-corrected chi connectivity index (χ1v) is 8.34. The average Bonchev–Trinajstić information content (AvgIpc) is 2.59. The Bertz CT molecular complexity index is 832. The highest BCUT2D eigenvalue weighted by atomic mass is 32.2. The van der Waals surface area contributed by atoms with Crippen molar-refractivity contribution in [3.8, 4) is 0 Å². The smallest absolute Gasteiger partial charge is 0.185 e. The minimum absolute atomic E-state index is 0.0275. The molecule has 0 unspecified atom stereocenters. The van der Waals surface area contributed by atoms with Gasteiger partial charge in [-0.2, -0.15) is 0 Å². The second-order valence-corrected chi connectivity index (χ2v) is 5.91. The number of thioether (sulfide) groups is 1. The molecule has 0 aliphatic rings. The zero-order valence-electron chi connectivity index (χ0n) is 12.3. The maximum Gasteiger partial charge on any atom is 0.185 e. The van der Waals surface area contributed by atoms with Crippen LogP contribution in [-0.4, -0.2) is 12.0 Å². The van der Waals surface area contributed by atoms with Crippen molar-refractivity contribution in [3.05, 3.63) is 83.9 Å². The number of benzene rings is 3. The van der Waals surface area contributed by atoms with E-state index in [0.29, 0.717) is 0 Å². The Morgan fingerprint density at radius 1 is 0.909 bits per heavy atom. The minimum atomic E-state index is 0.0275. The summed E-state index contributed by atoms with van der Waals surface area (Å²) < 4.78 is 0. The van der Waals surface area contributed by atoms with E-state index >= 15 is 0 Å². The molecule has 0 amide bonds. The molecule has 2 heteroatoms. The molecule has 0 fully saturated rings. The third kappa shape index (κ3) is 3.29. The first-order valence-electron chi connectivity index (χ1n) is 7.11. The Morgan fingerprint density at radius 2 is 1.64 bits per heavy atom. The third-order valence-electron chi connectivity index (χ3n) is 3.58. The van der Waals surface area contributed by atoms with Crippen LogP contribution in [0, 0.1) is 0 Å². The number of ketones is 1. The molecule has 0 heterocycles. The maximum absolute atomic E-state index is 12.3. The van der Waals surface area contributed by atoms with Gasteiger partial charge in [-0.25, -0.2) is 0 Å². The SMILES string of the molecule is CSc1ccc(C=CC(=O)c2ccc3ccccc3c2)cc1. The molecule has 22 heavy (non-hydrogen) atoms. The number of fused-ring (bicyclic) bond motifs is 1. The predicted molar refractivity (Wildman–Crippen MR) is 95.5 cm³/mol. The summed E-state index contributed by atoms with van der Waals surface area (Å²) in [5, 5.41) is 2.24. The highest BCUT2D eigenvalue weighted by molar-refractivity contribution is 7.98. The van der Waals surface area contributed by atoms with Crippen LogP contribution >= 0.6 is 11.8 Å². The zero-order valence-corrected chi connectivity index (χ0v) is 13.1. The van der Waals surface area contributed by atoms with Gasteiger partial charge in [0.25, 0.3) is 0 Å². The molecule has 0 aliphatic carbocycles. The van der Waals surface area contributed by atoms with Gasteiger partial charge in [0.15, 0.2) is 5.78 Å². The van der Waals surface area contributed by atoms with Crippen LogP contribution in [0.5, 0.6) is 0 Å². The van der Waals surface area contributed by atoms with Crippen molar-refractivity contribution in [2.75, 3.05) is 6.26 Å². The molecule has 0 atom stereocenters. The second-order valence-electron chi connectivity index (χ2n) is 5.03. The Hall–Kier alpha value is -2.32. The van der Waals surface area contributed by atoms with E-state index in [2.05, 4.69) is 12.1 Å². The Morgan fingerprint density at radius 3 is 2.36 bits per heavy atom. The van der Waals surface area contributed by atoms with Gasteiger partial charge in [-0.3, -0.25) is 4.79 Å². The third-order valence-corrected chi connectivity index (χ3v) is 4.32. The molecule has 0 N–H and O–H groups in total. The Labute approximate surface area is 134 Å². The number of hydrogen-bond donors (Lipinski definition) is 0. The molecular weight excluding hydrogens is 288 g/mol. The van der Waals surface area contributed by atoms with E-state index in [9.17, 15) is 4.79 Å². The van der Waals surface area contributed by atoms with Crippen LogP contribution in [-0.2, 0) is 0 Å². The Kier molecular flexibility index (Phi) is 4.40. The quantitative estimate of drug-likeness (QED) is 0.362. The van der Waals surface area contributed by atoms with Gasteiger partial charge < -0.3 is 0 Å². The number of hydrogen-bond acceptors (Lipinski definition) is 2. The number of carbonyl (C=O) groups excluding carboxylic acids is 1. The molecule has 0 saturated heterocycles. The first kappa shape index (κ1) is 14.6. The van der Waals surface area contributed by atoms with E-state index in [1.54, 1.807) is 17.8 Å². The molecule has 0 bridgehead atoms. The summed E-state index contributed by atoms with van der Waals surface area (Å²) in [4.78, 5) is 13.5. The second kappa shape index (κ2) is 6.63. The molecule has 3 rings (SSSR count). The fourth-order valence-corrected chi connectivity index (χ4v) is 2.73. The van der Waals surface area contributed by atoms with Gasteiger partial charge in [-0.1, -0.05) is 54.6 Å². The molecule has 0 radical (unpaired) electrons. The van der Waals surface area contributed by atoms with Crippen molar-refractivity contribution < 1.29 is 4.79 Å². The summed E-state index contributed by atoms with van der Waals surface area (Å²) in [5.41, 5.74) is 1.75. The molecular formula is C20H16OS. The fourth-order valence-electron chi connectivity index (χ4n) is 2.33. The monoisotopic (exact) mass is 304 g/mol. The van der Waals surface area contributed by atoms with Gasteiger partial charge in [0.2, 0.25) is 0 Å². The standard InChI is InChI=1S/C20H16OS/c1-22-19-11-6-15(7-12-19)8-13-20(21)18-10-9-16-4-2-3-5-17(16)14-18/h2-14H,1H3. The van der Waals surface area contributed by atoms with Crippen LogP contribution in [0.1, 0.15) is 15.9 Å². The topological polar surface area (TPSA) is 17.1 Å². The molecule has 108 valence electrons.